The van der Waals surface area contributed by atoms with Gasteiger partial charge in [-0.25, -0.2) is 4.98 Å². The smallest absolute Gasteiger partial charge is 0.140 e. The number of fused-ring (bicyclic) bond motifs is 1. The number of nitrogens with zero attached hydrogens (tertiary/aromatic N) is 3. The number of pyridine rings is 1. The summed E-state index contributed by atoms with van der Waals surface area (Å²) in [5, 5.41) is 4.74. The van der Waals surface area contributed by atoms with E-state index >= 15 is 0 Å². The number of hydrogen-bond acceptors (Lipinski definition) is 3. The molecule has 0 aliphatic carbocycles. The van der Waals surface area contributed by atoms with Gasteiger partial charge >= 0.3 is 0 Å². The summed E-state index contributed by atoms with van der Waals surface area (Å²) in [6, 6.07) is 4.67. The molecule has 0 aliphatic rings. The monoisotopic (exact) mass is 260 g/mol. The summed E-state index contributed by atoms with van der Waals surface area (Å²) < 4.78 is 2.26. The van der Waals surface area contributed by atoms with E-state index in [1.165, 1.54) is 10.9 Å². The van der Waals surface area contributed by atoms with Crippen molar-refractivity contribution in [1.29, 1.82) is 0 Å². The summed E-state index contributed by atoms with van der Waals surface area (Å²) in [4.78, 5) is 6.72. The van der Waals surface area contributed by atoms with Gasteiger partial charge in [-0.2, -0.15) is 0 Å². The quantitative estimate of drug-likeness (QED) is 0.863. The van der Waals surface area contributed by atoms with Crippen LogP contribution < -0.4 is 5.32 Å². The van der Waals surface area contributed by atoms with E-state index < -0.39 is 0 Å². The normalized spacial score (nSPS) is 11.9. The maximum absolute atomic E-state index is 4.52. The second kappa shape index (κ2) is 6.17. The van der Waals surface area contributed by atoms with Crippen molar-refractivity contribution in [3.63, 3.8) is 0 Å². The first-order chi connectivity index (χ1) is 9.08. The molecule has 1 N–H and O–H groups in total. The molecule has 2 heterocycles. The Bertz CT molecular complexity index is 482. The van der Waals surface area contributed by atoms with Crippen LogP contribution in [0.3, 0.4) is 0 Å². The third-order valence-corrected chi connectivity index (χ3v) is 3.21. The number of aromatic nitrogens is 2. The molecule has 2 aromatic rings. The zero-order valence-corrected chi connectivity index (χ0v) is 12.3. The molecule has 0 saturated heterocycles. The molecule has 0 fully saturated rings. The van der Waals surface area contributed by atoms with E-state index in [1.54, 1.807) is 0 Å². The molecule has 0 bridgehead atoms. The van der Waals surface area contributed by atoms with Crippen LogP contribution in [-0.4, -0.2) is 41.1 Å². The van der Waals surface area contributed by atoms with Gasteiger partial charge < -0.3 is 14.8 Å². The minimum absolute atomic E-state index is 0.497. The second-order valence-electron chi connectivity index (χ2n) is 5.56. The first-order valence-corrected chi connectivity index (χ1v) is 6.88. The summed E-state index contributed by atoms with van der Waals surface area (Å²) >= 11 is 0. The highest BCUT2D eigenvalue weighted by molar-refractivity contribution is 5.80. The van der Waals surface area contributed by atoms with Gasteiger partial charge in [0.25, 0.3) is 0 Å². The van der Waals surface area contributed by atoms with Crippen molar-refractivity contribution in [2.24, 2.45) is 0 Å². The fourth-order valence-corrected chi connectivity index (χ4v) is 2.13. The molecule has 0 radical (unpaired) electrons. The fraction of sp³-hybridized carbons (Fsp3) is 0.533. The highest BCUT2D eigenvalue weighted by atomic mass is 15.1. The Hall–Kier alpha value is -1.39. The first kappa shape index (κ1) is 14.0. The van der Waals surface area contributed by atoms with Crippen LogP contribution in [0, 0.1) is 0 Å². The molecule has 2 aromatic heterocycles. The zero-order valence-electron chi connectivity index (χ0n) is 12.3. The minimum Gasteiger partial charge on any atom is -0.331 e. The predicted octanol–water partition coefficient (Wildman–Crippen LogP) is 2.10. The van der Waals surface area contributed by atoms with Crippen LogP contribution in [0.5, 0.6) is 0 Å². The van der Waals surface area contributed by atoms with Gasteiger partial charge in [0, 0.05) is 43.5 Å². The molecule has 0 amide bonds. The molecule has 19 heavy (non-hydrogen) atoms. The van der Waals surface area contributed by atoms with Gasteiger partial charge in [0.05, 0.1) is 0 Å². The van der Waals surface area contributed by atoms with Gasteiger partial charge in [-0.15, -0.1) is 0 Å². The van der Waals surface area contributed by atoms with Gasteiger partial charge in [-0.05, 0) is 31.8 Å². The Labute approximate surface area is 115 Å². The lowest BCUT2D eigenvalue weighted by Gasteiger charge is -2.10. The Morgan fingerprint density at radius 3 is 2.84 bits per heavy atom. The number of rotatable bonds is 6. The van der Waals surface area contributed by atoms with E-state index in [-0.39, 0.29) is 0 Å². The molecule has 4 heteroatoms. The fourth-order valence-electron chi connectivity index (χ4n) is 2.13. The summed E-state index contributed by atoms with van der Waals surface area (Å²) in [5.41, 5.74) is 2.42. The molecule has 0 aromatic carbocycles. The van der Waals surface area contributed by atoms with Gasteiger partial charge in [0.1, 0.15) is 5.65 Å². The van der Waals surface area contributed by atoms with Crippen molar-refractivity contribution < 1.29 is 0 Å². The van der Waals surface area contributed by atoms with Crippen LogP contribution in [-0.2, 0) is 13.1 Å². The van der Waals surface area contributed by atoms with Crippen LogP contribution in [0.1, 0.15) is 19.4 Å². The second-order valence-corrected chi connectivity index (χ2v) is 5.56. The number of likely N-dealkylation sites (N-methyl/N-ethyl adjacent to an activating group) is 1. The summed E-state index contributed by atoms with van der Waals surface area (Å²) in [6.07, 6.45) is 4.10. The maximum Gasteiger partial charge on any atom is 0.140 e. The topological polar surface area (TPSA) is 33.1 Å². The maximum atomic E-state index is 4.52. The molecule has 0 aliphatic heterocycles. The lowest BCUT2D eigenvalue weighted by Crippen LogP contribution is -2.21. The molecule has 2 rings (SSSR count). The van der Waals surface area contributed by atoms with Crippen LogP contribution in [0.4, 0.5) is 0 Å². The summed E-state index contributed by atoms with van der Waals surface area (Å²) in [7, 11) is 4.20. The Morgan fingerprint density at radius 2 is 2.16 bits per heavy atom. The molecule has 0 unspecified atom stereocenters. The van der Waals surface area contributed by atoms with Gasteiger partial charge in [-0.3, -0.25) is 0 Å². The van der Waals surface area contributed by atoms with E-state index in [2.05, 4.69) is 60.0 Å². The Kier molecular flexibility index (Phi) is 4.56. The van der Waals surface area contributed by atoms with Crippen LogP contribution >= 0.6 is 0 Å². The first-order valence-electron chi connectivity index (χ1n) is 6.88. The average molecular weight is 260 g/mol. The number of nitrogens with one attached hydrogen (secondary N) is 1. The van der Waals surface area contributed by atoms with Crippen molar-refractivity contribution in [2.75, 3.05) is 20.6 Å². The lowest BCUT2D eigenvalue weighted by atomic mass is 10.2. The lowest BCUT2D eigenvalue weighted by molar-refractivity contribution is 0.386. The van der Waals surface area contributed by atoms with Gasteiger partial charge in [0.15, 0.2) is 0 Å². The zero-order chi connectivity index (χ0) is 13.8. The van der Waals surface area contributed by atoms with E-state index in [0.717, 1.165) is 25.3 Å². The summed E-state index contributed by atoms with van der Waals surface area (Å²) in [5.74, 6) is 0. The molecular formula is C15H24N4. The van der Waals surface area contributed by atoms with Crippen LogP contribution in [0.2, 0.25) is 0 Å². The highest BCUT2D eigenvalue weighted by Crippen LogP contribution is 2.19. The van der Waals surface area contributed by atoms with Crippen LogP contribution in [0.25, 0.3) is 11.0 Å². The Morgan fingerprint density at radius 1 is 1.37 bits per heavy atom. The van der Waals surface area contributed by atoms with E-state index in [9.17, 15) is 0 Å². The molecule has 104 valence electrons. The van der Waals surface area contributed by atoms with Crippen LogP contribution in [0.15, 0.2) is 24.5 Å². The average Bonchev–Trinajstić information content (AvgIpc) is 2.72. The molecule has 0 saturated carbocycles. The standard InChI is InChI=1S/C15H24N4/c1-12(2)17-10-13-11-19(9-8-18(3)4)15-14(13)6-5-7-16-15/h5-7,11-12,17H,8-10H2,1-4H3. The van der Waals surface area contributed by atoms with Crippen molar-refractivity contribution >= 4 is 11.0 Å². The minimum atomic E-state index is 0.497. The molecule has 0 spiro atoms. The highest BCUT2D eigenvalue weighted by Gasteiger charge is 2.09. The molecular weight excluding hydrogens is 236 g/mol. The molecule has 4 nitrogen and oxygen atoms in total. The van der Waals surface area contributed by atoms with E-state index in [0.29, 0.717) is 6.04 Å². The largest absolute Gasteiger partial charge is 0.331 e. The molecule has 0 atom stereocenters. The SMILES string of the molecule is CC(C)NCc1cn(CCN(C)C)c2ncccc12. The third kappa shape index (κ3) is 3.55. The van der Waals surface area contributed by atoms with Gasteiger partial charge in [0.2, 0.25) is 0 Å². The van der Waals surface area contributed by atoms with Crippen molar-refractivity contribution in [2.45, 2.75) is 33.0 Å². The Balaban J connectivity index is 2.26. The van der Waals surface area contributed by atoms with Crippen molar-refractivity contribution in [3.8, 4) is 0 Å². The van der Waals surface area contributed by atoms with Crippen molar-refractivity contribution in [1.82, 2.24) is 19.8 Å². The number of hydrogen-bond donors (Lipinski definition) is 1. The third-order valence-electron chi connectivity index (χ3n) is 3.21. The van der Waals surface area contributed by atoms with Crippen molar-refractivity contribution in [3.05, 3.63) is 30.1 Å². The van der Waals surface area contributed by atoms with Gasteiger partial charge in [-0.1, -0.05) is 13.8 Å². The van der Waals surface area contributed by atoms with E-state index in [1.807, 2.05) is 12.3 Å². The summed E-state index contributed by atoms with van der Waals surface area (Å²) in [6.45, 7) is 7.24. The van der Waals surface area contributed by atoms with E-state index in [4.69, 9.17) is 0 Å². The predicted molar refractivity (Wildman–Crippen MR) is 80.3 cm³/mol.